The number of rotatable bonds is 7. The molecule has 0 aliphatic heterocycles. The molecular formula is C26H19ClN2O2. The number of nitriles is 1. The quantitative estimate of drug-likeness (QED) is 0.341. The molecule has 0 saturated heterocycles. The molecule has 0 aliphatic carbocycles. The fraction of sp³-hybridized carbons (Fsp3) is 0.0769. The van der Waals surface area contributed by atoms with Gasteiger partial charge in [0.1, 0.15) is 19.3 Å². The summed E-state index contributed by atoms with van der Waals surface area (Å²) < 4.78 is 11.9. The largest absolute Gasteiger partial charge is 0.473 e. The van der Waals surface area contributed by atoms with Crippen LogP contribution >= 0.6 is 11.6 Å². The summed E-state index contributed by atoms with van der Waals surface area (Å²) in [7, 11) is 0. The Balaban J connectivity index is 1.62. The lowest BCUT2D eigenvalue weighted by Crippen LogP contribution is -2.02. The Morgan fingerprint density at radius 2 is 1.42 bits per heavy atom. The van der Waals surface area contributed by atoms with E-state index >= 15 is 0 Å². The van der Waals surface area contributed by atoms with Crippen LogP contribution in [0.1, 0.15) is 16.7 Å². The van der Waals surface area contributed by atoms with Gasteiger partial charge < -0.3 is 9.47 Å². The number of halogens is 1. The van der Waals surface area contributed by atoms with Crippen LogP contribution in [0.15, 0.2) is 91.0 Å². The van der Waals surface area contributed by atoms with Crippen molar-refractivity contribution in [3.8, 4) is 29.0 Å². The molecule has 152 valence electrons. The van der Waals surface area contributed by atoms with E-state index in [0.717, 1.165) is 22.3 Å². The Morgan fingerprint density at radius 1 is 0.774 bits per heavy atom. The van der Waals surface area contributed by atoms with Crippen LogP contribution < -0.4 is 9.47 Å². The standard InChI is InChI=1S/C26H19ClN2O2/c27-24-15-21(11-12-22(24)16-28)23-13-14-25(30-17-19-7-3-1-4-8-19)29-26(23)31-18-20-9-5-2-6-10-20/h1-15H,17-18H2. The van der Waals surface area contributed by atoms with Crippen molar-refractivity contribution in [2.75, 3.05) is 0 Å². The van der Waals surface area contributed by atoms with Crippen molar-refractivity contribution < 1.29 is 9.47 Å². The van der Waals surface area contributed by atoms with Gasteiger partial charge >= 0.3 is 0 Å². The lowest BCUT2D eigenvalue weighted by Gasteiger charge is -2.14. The Hall–Kier alpha value is -3.81. The van der Waals surface area contributed by atoms with E-state index < -0.39 is 0 Å². The molecule has 4 nitrogen and oxygen atoms in total. The molecule has 5 heteroatoms. The summed E-state index contributed by atoms with van der Waals surface area (Å²) in [5.41, 5.74) is 4.10. The van der Waals surface area contributed by atoms with Gasteiger partial charge in [-0.2, -0.15) is 10.2 Å². The third kappa shape index (κ3) is 5.22. The third-order valence-electron chi connectivity index (χ3n) is 4.68. The summed E-state index contributed by atoms with van der Waals surface area (Å²) in [5.74, 6) is 0.908. The maximum Gasteiger partial charge on any atom is 0.225 e. The first-order valence-electron chi connectivity index (χ1n) is 9.77. The molecule has 0 atom stereocenters. The summed E-state index contributed by atoms with van der Waals surface area (Å²) in [4.78, 5) is 4.60. The minimum atomic E-state index is 0.368. The Labute approximate surface area is 186 Å². The van der Waals surface area contributed by atoms with Gasteiger partial charge in [-0.1, -0.05) is 78.3 Å². The van der Waals surface area contributed by atoms with Crippen molar-refractivity contribution >= 4 is 11.6 Å². The van der Waals surface area contributed by atoms with Crippen LogP contribution in [0, 0.1) is 11.3 Å². The smallest absolute Gasteiger partial charge is 0.225 e. The second-order valence-electron chi connectivity index (χ2n) is 6.86. The number of hydrogen-bond donors (Lipinski definition) is 0. The summed E-state index contributed by atoms with van der Waals surface area (Å²) in [6.07, 6.45) is 0. The van der Waals surface area contributed by atoms with Crippen LogP contribution in [0.5, 0.6) is 11.8 Å². The second kappa shape index (κ2) is 9.80. The summed E-state index contributed by atoms with van der Waals surface area (Å²) >= 11 is 6.25. The highest BCUT2D eigenvalue weighted by atomic mass is 35.5. The normalized spacial score (nSPS) is 10.3. The predicted octanol–water partition coefficient (Wildman–Crippen LogP) is 6.43. The molecular weight excluding hydrogens is 408 g/mol. The molecule has 4 aromatic rings. The van der Waals surface area contributed by atoms with Crippen LogP contribution in [0.25, 0.3) is 11.1 Å². The lowest BCUT2D eigenvalue weighted by molar-refractivity contribution is 0.268. The van der Waals surface area contributed by atoms with Gasteiger partial charge in [0.05, 0.1) is 10.6 Å². The molecule has 0 aliphatic rings. The first kappa shape index (κ1) is 20.5. The van der Waals surface area contributed by atoms with Gasteiger partial charge in [-0.3, -0.25) is 0 Å². The van der Waals surface area contributed by atoms with Gasteiger partial charge in [0.25, 0.3) is 0 Å². The molecule has 1 aromatic heterocycles. The molecule has 0 bridgehead atoms. The number of benzene rings is 3. The molecule has 0 fully saturated rings. The van der Waals surface area contributed by atoms with E-state index in [1.54, 1.807) is 18.2 Å². The number of aromatic nitrogens is 1. The molecule has 0 amide bonds. The van der Waals surface area contributed by atoms with Crippen molar-refractivity contribution in [2.45, 2.75) is 13.2 Å². The maximum atomic E-state index is 9.15. The average Bonchev–Trinajstić information content (AvgIpc) is 2.83. The zero-order valence-electron chi connectivity index (χ0n) is 16.7. The fourth-order valence-electron chi connectivity index (χ4n) is 3.06. The Bertz CT molecular complexity index is 1210. The lowest BCUT2D eigenvalue weighted by atomic mass is 10.1. The minimum Gasteiger partial charge on any atom is -0.473 e. The van der Waals surface area contributed by atoms with Crippen LogP contribution in [-0.4, -0.2) is 4.98 Å². The van der Waals surface area contributed by atoms with Gasteiger partial charge in [-0.15, -0.1) is 0 Å². The molecule has 1 heterocycles. The monoisotopic (exact) mass is 426 g/mol. The highest BCUT2D eigenvalue weighted by Crippen LogP contribution is 2.33. The first-order valence-corrected chi connectivity index (χ1v) is 10.2. The fourth-order valence-corrected chi connectivity index (χ4v) is 3.29. The molecule has 4 rings (SSSR count). The van der Waals surface area contributed by atoms with Crippen LogP contribution in [0.2, 0.25) is 5.02 Å². The van der Waals surface area contributed by atoms with Gasteiger partial charge in [0.15, 0.2) is 0 Å². The van der Waals surface area contributed by atoms with E-state index in [1.165, 1.54) is 0 Å². The average molecular weight is 427 g/mol. The van der Waals surface area contributed by atoms with Crippen molar-refractivity contribution in [2.24, 2.45) is 0 Å². The number of nitrogens with zero attached hydrogens (tertiary/aromatic N) is 2. The minimum absolute atomic E-state index is 0.368. The van der Waals surface area contributed by atoms with Crippen LogP contribution in [0.4, 0.5) is 0 Å². The van der Waals surface area contributed by atoms with E-state index in [-0.39, 0.29) is 0 Å². The van der Waals surface area contributed by atoms with Gasteiger partial charge in [-0.05, 0) is 34.9 Å². The van der Waals surface area contributed by atoms with E-state index in [9.17, 15) is 0 Å². The highest BCUT2D eigenvalue weighted by molar-refractivity contribution is 6.32. The van der Waals surface area contributed by atoms with Crippen molar-refractivity contribution in [1.29, 1.82) is 5.26 Å². The Morgan fingerprint density at radius 3 is 2.03 bits per heavy atom. The number of ether oxygens (including phenoxy) is 2. The van der Waals surface area contributed by atoms with Gasteiger partial charge in [0.2, 0.25) is 11.8 Å². The van der Waals surface area contributed by atoms with Crippen LogP contribution in [-0.2, 0) is 13.2 Å². The first-order chi connectivity index (χ1) is 15.2. The number of pyridine rings is 1. The van der Waals surface area contributed by atoms with E-state index in [0.29, 0.717) is 35.6 Å². The second-order valence-corrected chi connectivity index (χ2v) is 7.26. The molecule has 0 unspecified atom stereocenters. The zero-order chi connectivity index (χ0) is 21.5. The van der Waals surface area contributed by atoms with Crippen molar-refractivity contribution in [3.63, 3.8) is 0 Å². The zero-order valence-corrected chi connectivity index (χ0v) is 17.4. The molecule has 0 spiro atoms. The van der Waals surface area contributed by atoms with E-state index in [1.807, 2.05) is 72.8 Å². The van der Waals surface area contributed by atoms with E-state index in [4.69, 9.17) is 26.3 Å². The predicted molar refractivity (Wildman–Crippen MR) is 121 cm³/mol. The summed E-state index contributed by atoms with van der Waals surface area (Å²) in [6.45, 7) is 0.779. The maximum absolute atomic E-state index is 9.15. The van der Waals surface area contributed by atoms with E-state index in [2.05, 4.69) is 11.1 Å². The number of hydrogen-bond acceptors (Lipinski definition) is 4. The molecule has 0 saturated carbocycles. The molecule has 31 heavy (non-hydrogen) atoms. The van der Waals surface area contributed by atoms with Gasteiger partial charge in [0, 0.05) is 11.6 Å². The van der Waals surface area contributed by atoms with Crippen molar-refractivity contribution in [3.05, 3.63) is 113 Å². The highest BCUT2D eigenvalue weighted by Gasteiger charge is 2.13. The van der Waals surface area contributed by atoms with Crippen molar-refractivity contribution in [1.82, 2.24) is 4.98 Å². The van der Waals surface area contributed by atoms with Crippen LogP contribution in [0.3, 0.4) is 0 Å². The van der Waals surface area contributed by atoms with Gasteiger partial charge in [-0.25, -0.2) is 0 Å². The summed E-state index contributed by atoms with van der Waals surface area (Å²) in [6, 6.07) is 30.8. The SMILES string of the molecule is N#Cc1ccc(-c2ccc(OCc3ccccc3)nc2OCc2ccccc2)cc1Cl. The Kier molecular flexibility index (Phi) is 6.47. The topological polar surface area (TPSA) is 55.1 Å². The molecule has 0 radical (unpaired) electrons. The molecule has 3 aromatic carbocycles. The summed E-state index contributed by atoms with van der Waals surface area (Å²) in [5, 5.41) is 9.53. The third-order valence-corrected chi connectivity index (χ3v) is 5.00. The molecule has 0 N–H and O–H groups in total.